The van der Waals surface area contributed by atoms with E-state index in [-0.39, 0.29) is 0 Å². The van der Waals surface area contributed by atoms with Crippen molar-refractivity contribution in [2.45, 2.75) is 32.2 Å². The predicted octanol–water partition coefficient (Wildman–Crippen LogP) is 4.82. The van der Waals surface area contributed by atoms with Crippen LogP contribution in [0.25, 0.3) is 0 Å². The number of cyclic esters (lactones) is 1. The molecule has 1 amide bonds. The lowest BCUT2D eigenvalue weighted by Crippen LogP contribution is -2.32. The molecule has 5 nitrogen and oxygen atoms in total. The summed E-state index contributed by atoms with van der Waals surface area (Å²) < 4.78 is 31.7. The summed E-state index contributed by atoms with van der Waals surface area (Å²) in [5.74, 6) is 1.06. The molecule has 0 bridgehead atoms. The number of ether oxygens (including phenoxy) is 3. The van der Waals surface area contributed by atoms with Crippen LogP contribution in [0.15, 0.2) is 72.5 Å². The maximum absolute atomic E-state index is 14.8. The zero-order valence-corrected chi connectivity index (χ0v) is 16.8. The minimum Gasteiger partial charge on any atom is -0.485 e. The number of amides is 1. The minimum atomic E-state index is -1.40. The molecule has 1 heterocycles. The maximum atomic E-state index is 14.8. The summed E-state index contributed by atoms with van der Waals surface area (Å²) in [6, 6.07) is 15.5. The Labute approximate surface area is 175 Å². The summed E-state index contributed by atoms with van der Waals surface area (Å²) in [7, 11) is 0. The van der Waals surface area contributed by atoms with Crippen molar-refractivity contribution < 1.29 is 23.4 Å². The first kappa shape index (κ1) is 20.0. The fourth-order valence-corrected chi connectivity index (χ4v) is 3.39. The van der Waals surface area contributed by atoms with Gasteiger partial charge in [-0.25, -0.2) is 9.18 Å². The van der Waals surface area contributed by atoms with Crippen LogP contribution in [0.2, 0.25) is 0 Å². The lowest BCUT2D eigenvalue weighted by Gasteiger charge is -2.25. The first-order valence-electron chi connectivity index (χ1n) is 10.1. The summed E-state index contributed by atoms with van der Waals surface area (Å²) in [4.78, 5) is 13.1. The standard InChI is InChI=1S/C24H24FNO4/c1-2-17-8-10-22(23(14-17)29-16-18-6-4-3-5-7-18)30-21-11-9-19(15-20(21)25)26-12-13-28-24(26)27/h3-11,14-15,20-21H,2,12-13,16H2,1H3. The monoisotopic (exact) mass is 409 g/mol. The molecule has 0 aromatic heterocycles. The van der Waals surface area contributed by atoms with Gasteiger partial charge in [0.2, 0.25) is 0 Å². The number of benzene rings is 2. The number of nitrogens with zero attached hydrogens (tertiary/aromatic N) is 1. The number of hydrogen-bond donors (Lipinski definition) is 0. The van der Waals surface area contributed by atoms with Gasteiger partial charge in [0.05, 0.1) is 6.54 Å². The quantitative estimate of drug-likeness (QED) is 0.658. The number of carbonyl (C=O) groups is 1. The highest BCUT2D eigenvalue weighted by Crippen LogP contribution is 2.32. The van der Waals surface area contributed by atoms with E-state index in [1.165, 1.54) is 11.0 Å². The van der Waals surface area contributed by atoms with Gasteiger partial charge in [-0.2, -0.15) is 0 Å². The van der Waals surface area contributed by atoms with Crippen molar-refractivity contribution in [2.75, 3.05) is 13.2 Å². The first-order valence-corrected chi connectivity index (χ1v) is 10.1. The molecule has 2 aromatic rings. The molecule has 2 aliphatic rings. The molecule has 6 heteroatoms. The van der Waals surface area contributed by atoms with Crippen LogP contribution in [-0.2, 0) is 17.8 Å². The summed E-state index contributed by atoms with van der Waals surface area (Å²) in [6.07, 6.45) is 2.91. The van der Waals surface area contributed by atoms with Crippen LogP contribution < -0.4 is 9.47 Å². The highest BCUT2D eigenvalue weighted by Gasteiger charge is 2.30. The molecule has 4 rings (SSSR count). The smallest absolute Gasteiger partial charge is 0.414 e. The van der Waals surface area contributed by atoms with Gasteiger partial charge in [0.1, 0.15) is 13.2 Å². The zero-order chi connectivity index (χ0) is 20.9. The van der Waals surface area contributed by atoms with E-state index in [0.717, 1.165) is 17.5 Å². The third-order valence-electron chi connectivity index (χ3n) is 5.09. The number of carbonyl (C=O) groups excluding carboxylic acids is 1. The Balaban J connectivity index is 1.48. The SMILES string of the molecule is CCc1ccc(OC2C=CC(N3CCOC3=O)=CC2F)c(OCc2ccccc2)c1. The second-order valence-corrected chi connectivity index (χ2v) is 7.15. The second kappa shape index (κ2) is 9.03. The number of alkyl halides is 1. The van der Waals surface area contributed by atoms with Gasteiger partial charge in [0.15, 0.2) is 23.8 Å². The Morgan fingerprint density at radius 1 is 1.13 bits per heavy atom. The van der Waals surface area contributed by atoms with Crippen molar-refractivity contribution in [3.63, 3.8) is 0 Å². The van der Waals surface area contributed by atoms with Gasteiger partial charge in [-0.05, 0) is 47.9 Å². The molecule has 1 fully saturated rings. The van der Waals surface area contributed by atoms with E-state index in [0.29, 0.717) is 37.0 Å². The number of rotatable bonds is 7. The van der Waals surface area contributed by atoms with Crippen LogP contribution in [0.1, 0.15) is 18.1 Å². The molecule has 1 aliphatic heterocycles. The fraction of sp³-hybridized carbons (Fsp3) is 0.292. The lowest BCUT2D eigenvalue weighted by atomic mass is 10.1. The van der Waals surface area contributed by atoms with E-state index < -0.39 is 18.4 Å². The van der Waals surface area contributed by atoms with Gasteiger partial charge >= 0.3 is 6.09 Å². The molecule has 156 valence electrons. The van der Waals surface area contributed by atoms with Crippen molar-refractivity contribution in [1.29, 1.82) is 0 Å². The van der Waals surface area contributed by atoms with E-state index >= 15 is 0 Å². The number of aryl methyl sites for hydroxylation is 1. The average molecular weight is 409 g/mol. The fourth-order valence-electron chi connectivity index (χ4n) is 3.39. The van der Waals surface area contributed by atoms with E-state index in [4.69, 9.17) is 14.2 Å². The lowest BCUT2D eigenvalue weighted by molar-refractivity contribution is 0.150. The molecule has 2 aromatic carbocycles. The average Bonchev–Trinajstić information content (AvgIpc) is 3.21. The van der Waals surface area contributed by atoms with Crippen LogP contribution in [0.3, 0.4) is 0 Å². The molecule has 0 N–H and O–H groups in total. The molecule has 1 saturated heterocycles. The molecule has 30 heavy (non-hydrogen) atoms. The molecule has 0 radical (unpaired) electrons. The molecule has 0 spiro atoms. The Hall–Kier alpha value is -3.28. The van der Waals surface area contributed by atoms with Gasteiger partial charge in [-0.15, -0.1) is 0 Å². The highest BCUT2D eigenvalue weighted by molar-refractivity contribution is 5.72. The van der Waals surface area contributed by atoms with Gasteiger partial charge < -0.3 is 14.2 Å². The van der Waals surface area contributed by atoms with Gasteiger partial charge in [-0.3, -0.25) is 4.90 Å². The number of halogens is 1. The topological polar surface area (TPSA) is 48.0 Å². The largest absolute Gasteiger partial charge is 0.485 e. The Bertz CT molecular complexity index is 957. The second-order valence-electron chi connectivity index (χ2n) is 7.15. The molecule has 2 unspecified atom stereocenters. The Morgan fingerprint density at radius 3 is 2.67 bits per heavy atom. The van der Waals surface area contributed by atoms with Gasteiger partial charge in [-0.1, -0.05) is 43.3 Å². The number of allylic oxidation sites excluding steroid dienone is 1. The summed E-state index contributed by atoms with van der Waals surface area (Å²) in [5, 5.41) is 0. The maximum Gasteiger partial charge on any atom is 0.414 e. The van der Waals surface area contributed by atoms with Gasteiger partial charge in [0, 0.05) is 5.70 Å². The zero-order valence-electron chi connectivity index (χ0n) is 16.8. The van der Waals surface area contributed by atoms with Crippen LogP contribution >= 0.6 is 0 Å². The van der Waals surface area contributed by atoms with Crippen molar-refractivity contribution in [2.24, 2.45) is 0 Å². The molecule has 1 aliphatic carbocycles. The Kier molecular flexibility index (Phi) is 6.02. The Morgan fingerprint density at radius 2 is 1.97 bits per heavy atom. The van der Waals surface area contributed by atoms with Crippen LogP contribution in [0, 0.1) is 0 Å². The first-order chi connectivity index (χ1) is 14.6. The van der Waals surface area contributed by atoms with Crippen molar-refractivity contribution in [3.8, 4) is 11.5 Å². The van der Waals surface area contributed by atoms with Gasteiger partial charge in [0.25, 0.3) is 0 Å². The van der Waals surface area contributed by atoms with E-state index in [9.17, 15) is 9.18 Å². The third kappa shape index (κ3) is 4.48. The van der Waals surface area contributed by atoms with E-state index in [2.05, 4.69) is 6.92 Å². The van der Waals surface area contributed by atoms with Crippen molar-refractivity contribution in [1.82, 2.24) is 4.90 Å². The summed E-state index contributed by atoms with van der Waals surface area (Å²) in [6.45, 7) is 3.19. The van der Waals surface area contributed by atoms with Crippen LogP contribution in [0.5, 0.6) is 11.5 Å². The van der Waals surface area contributed by atoms with Crippen molar-refractivity contribution in [3.05, 3.63) is 83.6 Å². The van der Waals surface area contributed by atoms with Crippen molar-refractivity contribution >= 4 is 6.09 Å². The predicted molar refractivity (Wildman–Crippen MR) is 111 cm³/mol. The third-order valence-corrected chi connectivity index (χ3v) is 5.09. The van der Waals surface area contributed by atoms with E-state index in [1.54, 1.807) is 12.2 Å². The van der Waals surface area contributed by atoms with Crippen LogP contribution in [-0.4, -0.2) is 36.4 Å². The summed E-state index contributed by atoms with van der Waals surface area (Å²) >= 11 is 0. The molecular weight excluding hydrogens is 385 g/mol. The number of hydrogen-bond acceptors (Lipinski definition) is 4. The molecular formula is C24H24FNO4. The summed E-state index contributed by atoms with van der Waals surface area (Å²) in [5.41, 5.74) is 2.64. The minimum absolute atomic E-state index is 0.312. The molecule has 0 saturated carbocycles. The van der Waals surface area contributed by atoms with Crippen LogP contribution in [0.4, 0.5) is 9.18 Å². The van der Waals surface area contributed by atoms with E-state index in [1.807, 2.05) is 48.5 Å². The normalized spacial score (nSPS) is 20.7. The molecule has 2 atom stereocenters. The highest BCUT2D eigenvalue weighted by atomic mass is 19.1.